The van der Waals surface area contributed by atoms with E-state index in [9.17, 15) is 14.0 Å². The molecule has 8 nitrogen and oxygen atoms in total. The molecule has 1 amide bonds. The number of anilines is 1. The number of nitrogens with zero attached hydrogens (tertiary/aromatic N) is 3. The molecule has 2 saturated heterocycles. The number of halogens is 1. The number of ether oxygens (including phenoxy) is 2. The SMILES string of the molecule is COC(=O)N1CCC(C2CCN(c3nccc(COC(=O)CC(C)=N)c3F)CC2)CC1. The molecule has 31 heavy (non-hydrogen) atoms. The maximum Gasteiger partial charge on any atom is 0.409 e. The molecule has 0 bridgehead atoms. The zero-order valence-corrected chi connectivity index (χ0v) is 18.2. The predicted octanol–water partition coefficient (Wildman–Crippen LogP) is 3.39. The topological polar surface area (TPSA) is 95.8 Å². The first-order chi connectivity index (χ1) is 14.9. The van der Waals surface area contributed by atoms with Crippen LogP contribution in [-0.2, 0) is 20.9 Å². The van der Waals surface area contributed by atoms with Crippen LogP contribution in [0.1, 0.15) is 44.6 Å². The molecule has 0 spiro atoms. The first kappa shape index (κ1) is 23.0. The van der Waals surface area contributed by atoms with E-state index in [1.165, 1.54) is 26.3 Å². The summed E-state index contributed by atoms with van der Waals surface area (Å²) in [7, 11) is 1.41. The van der Waals surface area contributed by atoms with Gasteiger partial charge in [-0.15, -0.1) is 0 Å². The third-order valence-electron chi connectivity index (χ3n) is 6.23. The third-order valence-corrected chi connectivity index (χ3v) is 6.23. The Kier molecular flexibility index (Phi) is 7.81. The molecular formula is C22H31FN4O4. The second-order valence-electron chi connectivity index (χ2n) is 8.34. The Hall–Kier alpha value is -2.71. The van der Waals surface area contributed by atoms with E-state index >= 15 is 0 Å². The van der Waals surface area contributed by atoms with Gasteiger partial charge in [0.05, 0.1) is 13.5 Å². The summed E-state index contributed by atoms with van der Waals surface area (Å²) in [6.45, 7) is 4.27. The van der Waals surface area contributed by atoms with Gasteiger partial charge in [0.2, 0.25) is 0 Å². The average molecular weight is 435 g/mol. The van der Waals surface area contributed by atoms with Crippen molar-refractivity contribution in [3.05, 3.63) is 23.6 Å². The van der Waals surface area contributed by atoms with Crippen LogP contribution in [0.3, 0.4) is 0 Å². The molecule has 0 aliphatic carbocycles. The number of carbonyl (C=O) groups is 2. The first-order valence-corrected chi connectivity index (χ1v) is 10.8. The molecule has 0 aromatic carbocycles. The van der Waals surface area contributed by atoms with Gasteiger partial charge in [0, 0.05) is 43.7 Å². The molecular weight excluding hydrogens is 403 g/mol. The van der Waals surface area contributed by atoms with E-state index in [2.05, 4.69) is 4.98 Å². The fourth-order valence-corrected chi connectivity index (χ4v) is 4.49. The van der Waals surface area contributed by atoms with Gasteiger partial charge in [-0.3, -0.25) is 4.79 Å². The van der Waals surface area contributed by atoms with Crippen molar-refractivity contribution in [2.24, 2.45) is 11.8 Å². The Morgan fingerprint density at radius 3 is 2.35 bits per heavy atom. The molecule has 1 aromatic heterocycles. The van der Waals surface area contributed by atoms with Crippen LogP contribution in [0.2, 0.25) is 0 Å². The summed E-state index contributed by atoms with van der Waals surface area (Å²) in [6.07, 6.45) is 5.06. The highest BCUT2D eigenvalue weighted by Crippen LogP contribution is 2.34. The van der Waals surface area contributed by atoms with E-state index < -0.39 is 11.8 Å². The Labute approximate surface area is 182 Å². The van der Waals surface area contributed by atoms with Crippen molar-refractivity contribution in [1.29, 1.82) is 5.41 Å². The Morgan fingerprint density at radius 1 is 1.16 bits per heavy atom. The van der Waals surface area contributed by atoms with Crippen molar-refractivity contribution in [1.82, 2.24) is 9.88 Å². The van der Waals surface area contributed by atoms with Gasteiger partial charge in [-0.05, 0) is 50.5 Å². The van der Waals surface area contributed by atoms with Crippen molar-refractivity contribution in [3.8, 4) is 0 Å². The molecule has 0 atom stereocenters. The second kappa shape index (κ2) is 10.5. The molecule has 0 radical (unpaired) electrons. The minimum Gasteiger partial charge on any atom is -0.460 e. The molecule has 2 aliphatic heterocycles. The van der Waals surface area contributed by atoms with E-state index in [4.69, 9.17) is 14.9 Å². The predicted molar refractivity (Wildman–Crippen MR) is 114 cm³/mol. The lowest BCUT2D eigenvalue weighted by atomic mass is 9.79. The van der Waals surface area contributed by atoms with Gasteiger partial charge < -0.3 is 24.7 Å². The van der Waals surface area contributed by atoms with Crippen LogP contribution in [0, 0.1) is 23.1 Å². The minimum atomic E-state index is -0.538. The molecule has 2 aliphatic rings. The molecule has 170 valence electrons. The highest BCUT2D eigenvalue weighted by Gasteiger charge is 2.32. The Morgan fingerprint density at radius 2 is 1.77 bits per heavy atom. The van der Waals surface area contributed by atoms with Crippen LogP contribution in [0.4, 0.5) is 15.0 Å². The van der Waals surface area contributed by atoms with Gasteiger partial charge in [-0.1, -0.05) is 0 Å². The van der Waals surface area contributed by atoms with Crippen molar-refractivity contribution in [3.63, 3.8) is 0 Å². The minimum absolute atomic E-state index is 0.0916. The van der Waals surface area contributed by atoms with E-state index in [1.807, 2.05) is 4.90 Å². The summed E-state index contributed by atoms with van der Waals surface area (Å²) in [5.41, 5.74) is 0.498. The van der Waals surface area contributed by atoms with Crippen molar-refractivity contribution in [2.45, 2.75) is 45.6 Å². The van der Waals surface area contributed by atoms with Crippen LogP contribution in [0.25, 0.3) is 0 Å². The number of amides is 1. The lowest BCUT2D eigenvalue weighted by Crippen LogP contribution is -2.43. The summed E-state index contributed by atoms with van der Waals surface area (Å²) in [5.74, 6) is 0.447. The van der Waals surface area contributed by atoms with Crippen molar-refractivity contribution >= 4 is 23.6 Å². The number of pyridine rings is 1. The Balaban J connectivity index is 1.52. The zero-order chi connectivity index (χ0) is 22.4. The van der Waals surface area contributed by atoms with E-state index in [1.54, 1.807) is 4.90 Å². The molecule has 9 heteroatoms. The first-order valence-electron chi connectivity index (χ1n) is 10.8. The number of hydrogen-bond acceptors (Lipinski definition) is 7. The van der Waals surface area contributed by atoms with Gasteiger partial charge in [0.1, 0.15) is 6.61 Å². The van der Waals surface area contributed by atoms with E-state index in [0.717, 1.165) is 51.9 Å². The second-order valence-corrected chi connectivity index (χ2v) is 8.34. The molecule has 1 aromatic rings. The van der Waals surface area contributed by atoms with E-state index in [-0.39, 0.29) is 24.8 Å². The molecule has 2 fully saturated rings. The number of hydrogen-bond donors (Lipinski definition) is 1. The average Bonchev–Trinajstić information content (AvgIpc) is 2.77. The summed E-state index contributed by atoms with van der Waals surface area (Å²) >= 11 is 0. The fourth-order valence-electron chi connectivity index (χ4n) is 4.49. The van der Waals surface area contributed by atoms with Crippen molar-refractivity contribution < 1.29 is 23.5 Å². The number of methoxy groups -OCH3 is 1. The highest BCUT2D eigenvalue weighted by atomic mass is 19.1. The number of aromatic nitrogens is 1. The van der Waals surface area contributed by atoms with Crippen LogP contribution in [0.15, 0.2) is 12.3 Å². The largest absolute Gasteiger partial charge is 0.460 e. The fraction of sp³-hybridized carbons (Fsp3) is 0.636. The normalized spacial score (nSPS) is 18.0. The molecule has 3 rings (SSSR count). The van der Waals surface area contributed by atoms with Crippen LogP contribution >= 0.6 is 0 Å². The van der Waals surface area contributed by atoms with Gasteiger partial charge in [0.15, 0.2) is 11.6 Å². The molecule has 0 unspecified atom stereocenters. The van der Waals surface area contributed by atoms with Crippen LogP contribution < -0.4 is 4.90 Å². The number of nitrogens with one attached hydrogen (secondary N) is 1. The van der Waals surface area contributed by atoms with Crippen molar-refractivity contribution in [2.75, 3.05) is 38.2 Å². The summed E-state index contributed by atoms with van der Waals surface area (Å²) in [5, 5.41) is 7.33. The zero-order valence-electron chi connectivity index (χ0n) is 18.2. The maximum absolute atomic E-state index is 15.0. The third kappa shape index (κ3) is 5.92. The molecule has 1 N–H and O–H groups in total. The summed E-state index contributed by atoms with van der Waals surface area (Å²) in [6, 6.07) is 1.52. The summed E-state index contributed by atoms with van der Waals surface area (Å²) in [4.78, 5) is 31.3. The highest BCUT2D eigenvalue weighted by molar-refractivity contribution is 5.95. The quantitative estimate of drug-likeness (QED) is 0.545. The number of carbonyl (C=O) groups excluding carboxylic acids is 2. The summed E-state index contributed by atoms with van der Waals surface area (Å²) < 4.78 is 24.9. The lowest BCUT2D eigenvalue weighted by Gasteiger charge is -2.40. The number of likely N-dealkylation sites (tertiary alicyclic amines) is 1. The smallest absolute Gasteiger partial charge is 0.409 e. The van der Waals surface area contributed by atoms with Gasteiger partial charge >= 0.3 is 12.1 Å². The molecule has 3 heterocycles. The van der Waals surface area contributed by atoms with Crippen LogP contribution in [0.5, 0.6) is 0 Å². The standard InChI is InChI=1S/C22H31FN4O4/c1-15(24)13-19(28)31-14-18-3-8-25-21(20(18)23)26-9-4-16(5-10-26)17-6-11-27(12-7-17)22(29)30-2/h3,8,16-17,24H,4-7,9-14H2,1-2H3. The van der Waals surface area contributed by atoms with Gasteiger partial charge in [-0.2, -0.15) is 0 Å². The van der Waals surface area contributed by atoms with Gasteiger partial charge in [-0.25, -0.2) is 14.2 Å². The molecule has 0 saturated carbocycles. The number of esters is 1. The lowest BCUT2D eigenvalue weighted by molar-refractivity contribution is -0.143. The number of piperidine rings is 2. The van der Waals surface area contributed by atoms with Gasteiger partial charge in [0.25, 0.3) is 0 Å². The van der Waals surface area contributed by atoms with Crippen LogP contribution in [-0.4, -0.2) is 60.9 Å². The van der Waals surface area contributed by atoms with E-state index in [0.29, 0.717) is 23.2 Å². The number of rotatable bonds is 6. The Bertz CT molecular complexity index is 803. The maximum atomic E-state index is 15.0. The monoisotopic (exact) mass is 434 g/mol.